The number of aromatic nitrogens is 1. The van der Waals surface area contributed by atoms with Crippen molar-refractivity contribution in [3.05, 3.63) is 23.5 Å². The fourth-order valence-corrected chi connectivity index (χ4v) is 0.990. The van der Waals surface area contributed by atoms with E-state index < -0.39 is 12.1 Å². The van der Waals surface area contributed by atoms with E-state index in [1.165, 1.54) is 10.8 Å². The standard InChI is InChI=1S/C7H7ClFNO2/c8-6-2-1-3-10(6)4-5(9)7(11)12/h1-3,5H,4H2,(H,11,12). The summed E-state index contributed by atoms with van der Waals surface area (Å²) in [6.45, 7) is -0.249. The number of nitrogens with zero attached hydrogens (tertiary/aromatic N) is 1. The van der Waals surface area contributed by atoms with Gasteiger partial charge in [0.15, 0.2) is 0 Å². The molecule has 1 heterocycles. The Morgan fingerprint density at radius 1 is 1.83 bits per heavy atom. The number of hydrogen-bond donors (Lipinski definition) is 1. The first-order valence-corrected chi connectivity index (χ1v) is 3.66. The predicted molar refractivity (Wildman–Crippen MR) is 42.0 cm³/mol. The highest BCUT2D eigenvalue weighted by Gasteiger charge is 2.16. The fraction of sp³-hybridized carbons (Fsp3) is 0.286. The highest BCUT2D eigenvalue weighted by Crippen LogP contribution is 2.10. The monoisotopic (exact) mass is 191 g/mol. The predicted octanol–water partition coefficient (Wildman–Crippen LogP) is 1.56. The third kappa shape index (κ3) is 1.98. The molecule has 0 aliphatic rings. The van der Waals surface area contributed by atoms with Crippen molar-refractivity contribution in [3.63, 3.8) is 0 Å². The Morgan fingerprint density at radius 3 is 2.92 bits per heavy atom. The van der Waals surface area contributed by atoms with Crippen LogP contribution in [-0.4, -0.2) is 21.8 Å². The zero-order chi connectivity index (χ0) is 9.14. The van der Waals surface area contributed by atoms with Gasteiger partial charge in [-0.1, -0.05) is 11.6 Å². The Bertz CT molecular complexity index is 287. The Labute approximate surface area is 73.4 Å². The molecule has 1 atom stereocenters. The molecule has 12 heavy (non-hydrogen) atoms. The van der Waals surface area contributed by atoms with Crippen LogP contribution in [0.25, 0.3) is 0 Å². The van der Waals surface area contributed by atoms with E-state index in [1.807, 2.05) is 0 Å². The van der Waals surface area contributed by atoms with Crippen LogP contribution in [0.4, 0.5) is 4.39 Å². The van der Waals surface area contributed by atoms with Crippen molar-refractivity contribution in [1.82, 2.24) is 4.57 Å². The van der Waals surface area contributed by atoms with Crippen LogP contribution in [0.15, 0.2) is 18.3 Å². The van der Waals surface area contributed by atoms with Crippen molar-refractivity contribution in [2.45, 2.75) is 12.7 Å². The van der Waals surface area contributed by atoms with Crippen molar-refractivity contribution in [1.29, 1.82) is 0 Å². The molecule has 0 spiro atoms. The Kier molecular flexibility index (Phi) is 2.70. The van der Waals surface area contributed by atoms with Crippen LogP contribution in [0.3, 0.4) is 0 Å². The summed E-state index contributed by atoms with van der Waals surface area (Å²) in [5.41, 5.74) is 0. The number of halogens is 2. The number of carboxylic acid groups (broad SMARTS) is 1. The summed E-state index contributed by atoms with van der Waals surface area (Å²) in [4.78, 5) is 10.1. The van der Waals surface area contributed by atoms with E-state index >= 15 is 0 Å². The van der Waals surface area contributed by atoms with Crippen molar-refractivity contribution < 1.29 is 14.3 Å². The maximum Gasteiger partial charge on any atom is 0.340 e. The zero-order valence-electron chi connectivity index (χ0n) is 6.08. The summed E-state index contributed by atoms with van der Waals surface area (Å²) < 4.78 is 13.9. The van der Waals surface area contributed by atoms with Crippen LogP contribution in [-0.2, 0) is 11.3 Å². The second kappa shape index (κ2) is 3.58. The van der Waals surface area contributed by atoms with E-state index in [0.717, 1.165) is 0 Å². The first kappa shape index (κ1) is 9.06. The molecule has 3 nitrogen and oxygen atoms in total. The summed E-state index contributed by atoms with van der Waals surface area (Å²) in [6.07, 6.45) is -0.382. The molecule has 1 N–H and O–H groups in total. The van der Waals surface area contributed by atoms with Crippen molar-refractivity contribution in [2.75, 3.05) is 0 Å². The van der Waals surface area contributed by atoms with Crippen LogP contribution < -0.4 is 0 Å². The zero-order valence-corrected chi connectivity index (χ0v) is 6.83. The van der Waals surface area contributed by atoms with E-state index in [0.29, 0.717) is 5.15 Å². The normalized spacial score (nSPS) is 12.8. The second-order valence-corrected chi connectivity index (χ2v) is 2.68. The van der Waals surface area contributed by atoms with Gasteiger partial charge in [0.05, 0.1) is 6.54 Å². The Balaban J connectivity index is 2.64. The first-order chi connectivity index (χ1) is 5.61. The van der Waals surface area contributed by atoms with Gasteiger partial charge in [-0.2, -0.15) is 0 Å². The minimum atomic E-state index is -1.91. The van der Waals surface area contributed by atoms with Crippen molar-refractivity contribution in [3.8, 4) is 0 Å². The minimum Gasteiger partial charge on any atom is -0.479 e. The molecule has 0 aliphatic heterocycles. The number of carbonyl (C=O) groups is 1. The molecule has 1 aromatic rings. The second-order valence-electron chi connectivity index (χ2n) is 2.29. The number of rotatable bonds is 3. The lowest BCUT2D eigenvalue weighted by Crippen LogP contribution is -2.20. The molecule has 0 aromatic carbocycles. The molecule has 5 heteroatoms. The lowest BCUT2D eigenvalue weighted by Gasteiger charge is -2.05. The lowest BCUT2D eigenvalue weighted by atomic mass is 10.4. The van der Waals surface area contributed by atoms with Gasteiger partial charge in [0.25, 0.3) is 0 Å². The molecule has 0 radical (unpaired) electrons. The fourth-order valence-electron chi connectivity index (χ4n) is 0.792. The topological polar surface area (TPSA) is 42.2 Å². The van der Waals surface area contributed by atoms with Crippen molar-refractivity contribution >= 4 is 17.6 Å². The summed E-state index contributed by atoms with van der Waals surface area (Å²) in [5, 5.41) is 8.57. The molecular weight excluding hydrogens is 185 g/mol. The number of alkyl halides is 1. The largest absolute Gasteiger partial charge is 0.479 e. The smallest absolute Gasteiger partial charge is 0.340 e. The number of aliphatic carboxylic acids is 1. The van der Waals surface area contributed by atoms with Crippen LogP contribution in [0, 0.1) is 0 Å². The van der Waals surface area contributed by atoms with Crippen LogP contribution in [0.1, 0.15) is 0 Å². The lowest BCUT2D eigenvalue weighted by molar-refractivity contribution is -0.143. The van der Waals surface area contributed by atoms with Crippen LogP contribution in [0.5, 0.6) is 0 Å². The van der Waals surface area contributed by atoms with Gasteiger partial charge in [-0.3, -0.25) is 0 Å². The maximum atomic E-state index is 12.6. The first-order valence-electron chi connectivity index (χ1n) is 3.29. The molecule has 1 aromatic heterocycles. The van der Waals surface area contributed by atoms with E-state index in [4.69, 9.17) is 16.7 Å². The summed E-state index contributed by atoms with van der Waals surface area (Å²) >= 11 is 5.59. The molecule has 0 fully saturated rings. The van der Waals surface area contributed by atoms with Crippen molar-refractivity contribution in [2.24, 2.45) is 0 Å². The maximum absolute atomic E-state index is 12.6. The van der Waals surface area contributed by atoms with E-state index in [2.05, 4.69) is 0 Å². The van der Waals surface area contributed by atoms with Gasteiger partial charge in [0, 0.05) is 6.20 Å². The SMILES string of the molecule is O=C(O)C(F)Cn1cccc1Cl. The summed E-state index contributed by atoms with van der Waals surface area (Å²) in [7, 11) is 0. The molecule has 0 saturated carbocycles. The van der Waals surface area contributed by atoms with Gasteiger partial charge >= 0.3 is 5.97 Å². The van der Waals surface area contributed by atoms with Gasteiger partial charge in [-0.25, -0.2) is 9.18 Å². The third-order valence-corrected chi connectivity index (χ3v) is 1.74. The van der Waals surface area contributed by atoms with E-state index in [1.54, 1.807) is 12.1 Å². The summed E-state index contributed by atoms with van der Waals surface area (Å²) in [5.74, 6) is -1.47. The van der Waals surface area contributed by atoms with Gasteiger partial charge in [0.1, 0.15) is 5.15 Å². The van der Waals surface area contributed by atoms with E-state index in [9.17, 15) is 9.18 Å². The average Bonchev–Trinajstić information content (AvgIpc) is 2.36. The molecule has 0 amide bonds. The quantitative estimate of drug-likeness (QED) is 0.788. The highest BCUT2D eigenvalue weighted by molar-refractivity contribution is 6.29. The number of hydrogen-bond acceptors (Lipinski definition) is 1. The third-order valence-electron chi connectivity index (χ3n) is 1.40. The molecule has 66 valence electrons. The van der Waals surface area contributed by atoms with Gasteiger partial charge < -0.3 is 9.67 Å². The molecule has 1 rings (SSSR count). The molecule has 0 saturated heterocycles. The van der Waals surface area contributed by atoms with Gasteiger partial charge in [0.2, 0.25) is 6.17 Å². The molecule has 1 unspecified atom stereocenters. The Hall–Kier alpha value is -1.03. The van der Waals surface area contributed by atoms with Gasteiger partial charge in [-0.15, -0.1) is 0 Å². The van der Waals surface area contributed by atoms with Crippen LogP contribution >= 0.6 is 11.6 Å². The van der Waals surface area contributed by atoms with Crippen LogP contribution in [0.2, 0.25) is 5.15 Å². The molecular formula is C7H7ClFNO2. The minimum absolute atomic E-state index is 0.249. The summed E-state index contributed by atoms with van der Waals surface area (Å²) in [6, 6.07) is 3.19. The molecule has 0 bridgehead atoms. The number of carboxylic acids is 1. The highest BCUT2D eigenvalue weighted by atomic mass is 35.5. The molecule has 0 aliphatic carbocycles. The average molecular weight is 192 g/mol. The van der Waals surface area contributed by atoms with Gasteiger partial charge in [-0.05, 0) is 12.1 Å². The Morgan fingerprint density at radius 2 is 2.50 bits per heavy atom. The van der Waals surface area contributed by atoms with E-state index in [-0.39, 0.29) is 6.54 Å².